The van der Waals surface area contributed by atoms with Crippen molar-refractivity contribution in [2.24, 2.45) is 5.73 Å². The lowest BCUT2D eigenvalue weighted by atomic mass is 10.2. The molecular formula is C10H19N3O4. The summed E-state index contributed by atoms with van der Waals surface area (Å²) in [6, 6.07) is -1.11. The van der Waals surface area contributed by atoms with Gasteiger partial charge in [-0.1, -0.05) is 6.92 Å². The van der Waals surface area contributed by atoms with Crippen LogP contribution in [0, 0.1) is 0 Å². The first-order chi connectivity index (χ1) is 7.92. The van der Waals surface area contributed by atoms with Gasteiger partial charge in [0.15, 0.2) is 0 Å². The van der Waals surface area contributed by atoms with Crippen LogP contribution in [0.15, 0.2) is 0 Å². The molecule has 0 aliphatic heterocycles. The largest absolute Gasteiger partial charge is 0.481 e. The van der Waals surface area contributed by atoms with Gasteiger partial charge in [0.1, 0.15) is 0 Å². The lowest BCUT2D eigenvalue weighted by Gasteiger charge is -2.23. The van der Waals surface area contributed by atoms with E-state index in [0.717, 1.165) is 0 Å². The molecule has 0 spiro atoms. The molecule has 0 aliphatic rings. The number of carbonyl (C=O) groups is 3. The molecule has 0 aromatic rings. The van der Waals surface area contributed by atoms with Crippen molar-refractivity contribution < 1.29 is 19.5 Å². The van der Waals surface area contributed by atoms with Crippen LogP contribution < -0.4 is 11.1 Å². The number of hydrogen-bond donors (Lipinski definition) is 3. The van der Waals surface area contributed by atoms with Gasteiger partial charge < -0.3 is 21.1 Å². The number of nitrogens with zero attached hydrogens (tertiary/aromatic N) is 1. The molecule has 2 amide bonds. The first-order valence-corrected chi connectivity index (χ1v) is 5.39. The first kappa shape index (κ1) is 15.4. The molecule has 0 saturated carbocycles. The lowest BCUT2D eigenvalue weighted by Crippen LogP contribution is -2.48. The van der Waals surface area contributed by atoms with Gasteiger partial charge in [-0.2, -0.15) is 0 Å². The maximum Gasteiger partial charge on any atom is 0.305 e. The molecule has 0 saturated heterocycles. The molecule has 0 fully saturated rings. The van der Waals surface area contributed by atoms with E-state index in [0.29, 0.717) is 13.0 Å². The zero-order valence-electron chi connectivity index (χ0n) is 10.1. The molecule has 0 heterocycles. The molecule has 1 unspecified atom stereocenters. The maximum atomic E-state index is 11.8. The number of likely N-dealkylation sites (N-methyl/N-ethyl adjacent to an activating group) is 1. The number of aliphatic carboxylic acids is 1. The summed E-state index contributed by atoms with van der Waals surface area (Å²) in [4.78, 5) is 34.7. The Hall–Kier alpha value is -1.63. The lowest BCUT2D eigenvalue weighted by molar-refractivity contribution is -0.142. The van der Waals surface area contributed by atoms with Crippen molar-refractivity contribution >= 4 is 17.8 Å². The fourth-order valence-electron chi connectivity index (χ4n) is 1.30. The van der Waals surface area contributed by atoms with Crippen molar-refractivity contribution in [3.05, 3.63) is 0 Å². The van der Waals surface area contributed by atoms with E-state index in [9.17, 15) is 14.4 Å². The van der Waals surface area contributed by atoms with Crippen LogP contribution in [0.25, 0.3) is 0 Å². The standard InChI is InChI=1S/C10H19N3O4/c1-3-4-13(6-8(14)12-2)10(17)7(11)5-9(15)16/h7H,3-6,11H2,1-2H3,(H,12,14)(H,15,16). The average molecular weight is 245 g/mol. The number of hydrogen-bond acceptors (Lipinski definition) is 4. The molecule has 0 radical (unpaired) electrons. The van der Waals surface area contributed by atoms with Crippen LogP contribution in [0.4, 0.5) is 0 Å². The predicted molar refractivity (Wildman–Crippen MR) is 61.2 cm³/mol. The monoisotopic (exact) mass is 245 g/mol. The molecule has 7 heteroatoms. The molecule has 4 N–H and O–H groups in total. The number of carboxylic acids is 1. The molecule has 0 rings (SSSR count). The van der Waals surface area contributed by atoms with Crippen molar-refractivity contribution in [3.63, 3.8) is 0 Å². The second-order valence-corrected chi connectivity index (χ2v) is 3.64. The van der Waals surface area contributed by atoms with Crippen molar-refractivity contribution in [1.29, 1.82) is 0 Å². The van der Waals surface area contributed by atoms with E-state index in [1.54, 1.807) is 0 Å². The third-order valence-corrected chi connectivity index (χ3v) is 2.13. The van der Waals surface area contributed by atoms with Crippen LogP contribution in [-0.4, -0.2) is 54.0 Å². The van der Waals surface area contributed by atoms with Gasteiger partial charge in [-0.15, -0.1) is 0 Å². The summed E-state index contributed by atoms with van der Waals surface area (Å²) in [5, 5.41) is 10.9. The second-order valence-electron chi connectivity index (χ2n) is 3.64. The van der Waals surface area contributed by atoms with Crippen molar-refractivity contribution in [2.75, 3.05) is 20.1 Å². The van der Waals surface area contributed by atoms with Gasteiger partial charge in [0.25, 0.3) is 0 Å². The van der Waals surface area contributed by atoms with Gasteiger partial charge in [-0.3, -0.25) is 14.4 Å². The summed E-state index contributed by atoms with van der Waals surface area (Å²) in [6.45, 7) is 2.13. The van der Waals surface area contributed by atoms with Gasteiger partial charge in [0, 0.05) is 13.6 Å². The summed E-state index contributed by atoms with van der Waals surface area (Å²) in [5.41, 5.74) is 5.46. The second kappa shape index (κ2) is 7.61. The molecule has 0 aromatic heterocycles. The third kappa shape index (κ3) is 5.86. The minimum absolute atomic E-state index is 0.101. The highest BCUT2D eigenvalue weighted by atomic mass is 16.4. The normalized spacial score (nSPS) is 11.7. The van der Waals surface area contributed by atoms with E-state index in [4.69, 9.17) is 10.8 Å². The van der Waals surface area contributed by atoms with Gasteiger partial charge >= 0.3 is 5.97 Å². The molecular weight excluding hydrogens is 226 g/mol. The SMILES string of the molecule is CCCN(CC(=O)NC)C(=O)C(N)CC(=O)O. The summed E-state index contributed by atoms with van der Waals surface area (Å²) >= 11 is 0. The smallest absolute Gasteiger partial charge is 0.305 e. The quantitative estimate of drug-likeness (QED) is 0.520. The Bertz CT molecular complexity index is 293. The maximum absolute atomic E-state index is 11.8. The molecule has 17 heavy (non-hydrogen) atoms. The van der Waals surface area contributed by atoms with Crippen LogP contribution in [0.5, 0.6) is 0 Å². The topological polar surface area (TPSA) is 113 Å². The summed E-state index contributed by atoms with van der Waals surface area (Å²) in [6.07, 6.45) is 0.231. The van der Waals surface area contributed by atoms with Crippen molar-refractivity contribution in [3.8, 4) is 0 Å². The van der Waals surface area contributed by atoms with Crippen LogP contribution in [0.3, 0.4) is 0 Å². The summed E-state index contributed by atoms with van der Waals surface area (Å²) in [7, 11) is 1.47. The van der Waals surface area contributed by atoms with Gasteiger partial charge in [-0.25, -0.2) is 0 Å². The molecule has 98 valence electrons. The van der Waals surface area contributed by atoms with E-state index >= 15 is 0 Å². The summed E-state index contributed by atoms with van der Waals surface area (Å²) in [5.74, 6) is -1.96. The minimum Gasteiger partial charge on any atom is -0.481 e. The van der Waals surface area contributed by atoms with Gasteiger partial charge in [-0.05, 0) is 6.42 Å². The Morgan fingerprint density at radius 3 is 2.41 bits per heavy atom. The Morgan fingerprint density at radius 2 is 2.00 bits per heavy atom. The Labute approximate surface area is 100.0 Å². The molecule has 1 atom stereocenters. The molecule has 0 aromatic carbocycles. The van der Waals surface area contributed by atoms with Crippen LogP contribution in [0.1, 0.15) is 19.8 Å². The Kier molecular flexibility index (Phi) is 6.88. The van der Waals surface area contributed by atoms with Crippen LogP contribution in [-0.2, 0) is 14.4 Å². The Balaban J connectivity index is 4.52. The molecule has 7 nitrogen and oxygen atoms in total. The fraction of sp³-hybridized carbons (Fsp3) is 0.700. The number of carbonyl (C=O) groups excluding carboxylic acids is 2. The highest BCUT2D eigenvalue weighted by Gasteiger charge is 2.23. The van der Waals surface area contributed by atoms with E-state index in [2.05, 4.69) is 5.32 Å². The first-order valence-electron chi connectivity index (χ1n) is 5.39. The van der Waals surface area contributed by atoms with E-state index in [-0.39, 0.29) is 12.5 Å². The highest BCUT2D eigenvalue weighted by Crippen LogP contribution is 1.99. The average Bonchev–Trinajstić information content (AvgIpc) is 2.26. The fourth-order valence-corrected chi connectivity index (χ4v) is 1.30. The third-order valence-electron chi connectivity index (χ3n) is 2.13. The predicted octanol–water partition coefficient (Wildman–Crippen LogP) is -1.23. The van der Waals surface area contributed by atoms with Crippen molar-refractivity contribution in [1.82, 2.24) is 10.2 Å². The van der Waals surface area contributed by atoms with Gasteiger partial charge in [0.2, 0.25) is 11.8 Å². The molecule has 0 bridgehead atoms. The molecule has 0 aliphatic carbocycles. The number of nitrogens with one attached hydrogen (secondary N) is 1. The Morgan fingerprint density at radius 1 is 1.41 bits per heavy atom. The minimum atomic E-state index is -1.14. The van der Waals surface area contributed by atoms with Crippen molar-refractivity contribution in [2.45, 2.75) is 25.8 Å². The van der Waals surface area contributed by atoms with Crippen LogP contribution in [0.2, 0.25) is 0 Å². The van der Waals surface area contributed by atoms with Crippen LogP contribution >= 0.6 is 0 Å². The summed E-state index contributed by atoms with van der Waals surface area (Å²) < 4.78 is 0. The number of carboxylic acid groups (broad SMARTS) is 1. The van der Waals surface area contributed by atoms with E-state index < -0.39 is 24.3 Å². The zero-order chi connectivity index (χ0) is 13.4. The van der Waals surface area contributed by atoms with Gasteiger partial charge in [0.05, 0.1) is 19.0 Å². The number of nitrogens with two attached hydrogens (primary N) is 1. The highest BCUT2D eigenvalue weighted by molar-refractivity contribution is 5.89. The van der Waals surface area contributed by atoms with E-state index in [1.807, 2.05) is 6.92 Å². The number of amides is 2. The number of rotatable bonds is 7. The van der Waals surface area contributed by atoms with E-state index in [1.165, 1.54) is 11.9 Å². The zero-order valence-corrected chi connectivity index (χ0v) is 10.1.